The number of benzene rings is 1. The largest absolute Gasteiger partial charge is 0.465 e. The van der Waals surface area contributed by atoms with E-state index in [4.69, 9.17) is 14.9 Å². The second-order valence-corrected chi connectivity index (χ2v) is 5.95. The second-order valence-electron chi connectivity index (χ2n) is 5.95. The number of aryl methyl sites for hydroxylation is 1. The molecule has 2 aromatic rings. The van der Waals surface area contributed by atoms with Gasteiger partial charge in [0.2, 0.25) is 0 Å². The van der Waals surface area contributed by atoms with Crippen molar-refractivity contribution in [3.63, 3.8) is 0 Å². The highest BCUT2D eigenvalue weighted by Crippen LogP contribution is 2.23. The normalized spacial score (nSPS) is 15.4. The Morgan fingerprint density at radius 2 is 1.96 bits per heavy atom. The Labute approximate surface area is 165 Å². The molecule has 0 radical (unpaired) electrons. The molecule has 1 aromatic carbocycles. The molecule has 144 valence electrons. The smallest absolute Gasteiger partial charge is 0.251 e. The standard InChI is InChI=1S/C18H23N3O3.2ClH/c1-13-5-6-17(24-13)16(21-7-9-23-10-8-21)12-20-18(22)14-3-2-4-15(19)11-14;;/h2-6,11,16H,7-10,12,19H2,1H3,(H,20,22);2*1H. The van der Waals surface area contributed by atoms with Crippen LogP contribution >= 0.6 is 24.8 Å². The van der Waals surface area contributed by atoms with Crippen LogP contribution in [0.5, 0.6) is 0 Å². The quantitative estimate of drug-likeness (QED) is 0.752. The SMILES string of the molecule is Cc1ccc(C(CNC(=O)c2cccc(N)c2)N2CCOCC2)o1.Cl.Cl. The molecule has 1 saturated heterocycles. The minimum Gasteiger partial charge on any atom is -0.465 e. The number of nitrogen functional groups attached to an aromatic ring is 1. The van der Waals surface area contributed by atoms with Crippen LogP contribution in [-0.2, 0) is 4.74 Å². The Bertz CT molecular complexity index is 702. The van der Waals surface area contributed by atoms with Crippen LogP contribution in [0.15, 0.2) is 40.8 Å². The summed E-state index contributed by atoms with van der Waals surface area (Å²) in [6.45, 7) is 5.42. The van der Waals surface area contributed by atoms with Gasteiger partial charge in [-0.25, -0.2) is 0 Å². The van der Waals surface area contributed by atoms with Crippen LogP contribution in [0.2, 0.25) is 0 Å². The number of nitrogens with zero attached hydrogens (tertiary/aromatic N) is 1. The average molecular weight is 402 g/mol. The molecular formula is C18H25Cl2N3O3. The van der Waals surface area contributed by atoms with Crippen molar-refractivity contribution in [1.29, 1.82) is 0 Å². The number of carbonyl (C=O) groups excluding carboxylic acids is 1. The molecule has 3 N–H and O–H groups in total. The molecule has 3 rings (SSSR count). The summed E-state index contributed by atoms with van der Waals surface area (Å²) in [5.41, 5.74) is 6.89. The van der Waals surface area contributed by atoms with E-state index in [-0.39, 0.29) is 36.8 Å². The van der Waals surface area contributed by atoms with Gasteiger partial charge in [0.05, 0.1) is 19.3 Å². The summed E-state index contributed by atoms with van der Waals surface area (Å²) >= 11 is 0. The van der Waals surface area contributed by atoms with Crippen molar-refractivity contribution in [2.75, 3.05) is 38.6 Å². The van der Waals surface area contributed by atoms with Crippen molar-refractivity contribution < 1.29 is 13.9 Å². The van der Waals surface area contributed by atoms with Gasteiger partial charge < -0.3 is 20.2 Å². The summed E-state index contributed by atoms with van der Waals surface area (Å²) in [5.74, 6) is 1.59. The van der Waals surface area contributed by atoms with E-state index in [0.717, 1.165) is 24.6 Å². The average Bonchev–Trinajstić information content (AvgIpc) is 3.02. The van der Waals surface area contributed by atoms with Gasteiger partial charge in [-0.3, -0.25) is 9.69 Å². The first-order valence-corrected chi connectivity index (χ1v) is 8.15. The Kier molecular flexibility index (Phi) is 8.95. The zero-order valence-electron chi connectivity index (χ0n) is 14.6. The molecule has 1 amide bonds. The van der Waals surface area contributed by atoms with Gasteiger partial charge in [-0.2, -0.15) is 0 Å². The zero-order chi connectivity index (χ0) is 16.9. The highest BCUT2D eigenvalue weighted by Gasteiger charge is 2.25. The molecule has 1 unspecified atom stereocenters. The molecule has 6 nitrogen and oxygen atoms in total. The highest BCUT2D eigenvalue weighted by atomic mass is 35.5. The Balaban J connectivity index is 0.00000169. The van der Waals surface area contributed by atoms with Crippen LogP contribution in [0, 0.1) is 6.92 Å². The van der Waals surface area contributed by atoms with E-state index in [9.17, 15) is 4.79 Å². The number of morpholine rings is 1. The first-order valence-electron chi connectivity index (χ1n) is 8.15. The number of furan rings is 1. The van der Waals surface area contributed by atoms with E-state index < -0.39 is 0 Å². The van der Waals surface area contributed by atoms with Gasteiger partial charge in [0, 0.05) is 30.9 Å². The lowest BCUT2D eigenvalue weighted by molar-refractivity contribution is 0.0117. The summed E-state index contributed by atoms with van der Waals surface area (Å²) < 4.78 is 11.2. The maximum atomic E-state index is 12.4. The predicted octanol–water partition coefficient (Wildman–Crippen LogP) is 2.82. The number of carbonyl (C=O) groups is 1. The number of rotatable bonds is 5. The third kappa shape index (κ3) is 5.64. The monoisotopic (exact) mass is 401 g/mol. The van der Waals surface area contributed by atoms with Crippen LogP contribution in [-0.4, -0.2) is 43.7 Å². The van der Waals surface area contributed by atoms with E-state index in [1.807, 2.05) is 19.1 Å². The van der Waals surface area contributed by atoms with Crippen LogP contribution < -0.4 is 11.1 Å². The summed E-state index contributed by atoms with van der Waals surface area (Å²) in [7, 11) is 0. The summed E-state index contributed by atoms with van der Waals surface area (Å²) in [5, 5.41) is 2.99. The maximum absolute atomic E-state index is 12.4. The Morgan fingerprint density at radius 3 is 2.58 bits per heavy atom. The van der Waals surface area contributed by atoms with Gasteiger partial charge in [-0.1, -0.05) is 6.07 Å². The topological polar surface area (TPSA) is 80.7 Å². The van der Waals surface area contributed by atoms with Crippen molar-refractivity contribution in [3.05, 3.63) is 53.5 Å². The zero-order valence-corrected chi connectivity index (χ0v) is 16.3. The van der Waals surface area contributed by atoms with Crippen molar-refractivity contribution in [3.8, 4) is 0 Å². The molecule has 1 aliphatic rings. The third-order valence-corrected chi connectivity index (χ3v) is 4.18. The van der Waals surface area contributed by atoms with Crippen LogP contribution in [0.25, 0.3) is 0 Å². The van der Waals surface area contributed by atoms with Crippen LogP contribution in [0.1, 0.15) is 27.9 Å². The molecule has 0 saturated carbocycles. The minimum atomic E-state index is -0.135. The van der Waals surface area contributed by atoms with Gasteiger partial charge in [0.15, 0.2) is 0 Å². The number of nitrogens with one attached hydrogen (secondary N) is 1. The molecule has 1 fully saturated rings. The number of halogens is 2. The fourth-order valence-electron chi connectivity index (χ4n) is 2.90. The third-order valence-electron chi connectivity index (χ3n) is 4.18. The first-order chi connectivity index (χ1) is 11.6. The number of hydrogen-bond donors (Lipinski definition) is 2. The fourth-order valence-corrected chi connectivity index (χ4v) is 2.90. The Hall–Kier alpha value is -1.73. The number of amides is 1. The van der Waals surface area contributed by atoms with Gasteiger partial charge in [0.1, 0.15) is 11.5 Å². The van der Waals surface area contributed by atoms with Crippen molar-refractivity contribution in [1.82, 2.24) is 10.2 Å². The number of ether oxygens (including phenoxy) is 1. The van der Waals surface area contributed by atoms with Crippen LogP contribution in [0.3, 0.4) is 0 Å². The van der Waals surface area contributed by atoms with E-state index in [2.05, 4.69) is 10.2 Å². The summed E-state index contributed by atoms with van der Waals surface area (Å²) in [6, 6.07) is 10.9. The lowest BCUT2D eigenvalue weighted by atomic mass is 10.1. The number of anilines is 1. The Morgan fingerprint density at radius 1 is 1.23 bits per heavy atom. The first kappa shape index (κ1) is 22.3. The van der Waals surface area contributed by atoms with E-state index in [1.54, 1.807) is 24.3 Å². The molecule has 1 aromatic heterocycles. The molecular weight excluding hydrogens is 377 g/mol. The van der Waals surface area contributed by atoms with E-state index in [0.29, 0.717) is 31.0 Å². The maximum Gasteiger partial charge on any atom is 0.251 e. The minimum absolute atomic E-state index is 0. The van der Waals surface area contributed by atoms with Gasteiger partial charge in [0.25, 0.3) is 5.91 Å². The molecule has 26 heavy (non-hydrogen) atoms. The van der Waals surface area contributed by atoms with Gasteiger partial charge >= 0.3 is 0 Å². The van der Waals surface area contributed by atoms with Gasteiger partial charge in [-0.15, -0.1) is 24.8 Å². The summed E-state index contributed by atoms with van der Waals surface area (Å²) in [6.07, 6.45) is 0. The predicted molar refractivity (Wildman–Crippen MR) is 106 cm³/mol. The van der Waals surface area contributed by atoms with Crippen molar-refractivity contribution >= 4 is 36.4 Å². The number of nitrogens with two attached hydrogens (primary N) is 1. The molecule has 8 heteroatoms. The second kappa shape index (κ2) is 10.4. The van der Waals surface area contributed by atoms with E-state index >= 15 is 0 Å². The summed E-state index contributed by atoms with van der Waals surface area (Å²) in [4.78, 5) is 14.7. The van der Waals surface area contributed by atoms with Crippen LogP contribution in [0.4, 0.5) is 5.69 Å². The molecule has 1 atom stereocenters. The molecule has 2 heterocycles. The van der Waals surface area contributed by atoms with E-state index in [1.165, 1.54) is 0 Å². The highest BCUT2D eigenvalue weighted by molar-refractivity contribution is 5.95. The van der Waals surface area contributed by atoms with Gasteiger partial charge in [-0.05, 0) is 37.3 Å². The van der Waals surface area contributed by atoms with Crippen molar-refractivity contribution in [2.45, 2.75) is 13.0 Å². The van der Waals surface area contributed by atoms with Crippen molar-refractivity contribution in [2.24, 2.45) is 0 Å². The molecule has 1 aliphatic heterocycles. The lowest BCUT2D eigenvalue weighted by Gasteiger charge is -2.33. The molecule has 0 aliphatic carbocycles. The molecule has 0 bridgehead atoms. The number of hydrogen-bond acceptors (Lipinski definition) is 5. The lowest BCUT2D eigenvalue weighted by Crippen LogP contribution is -2.43. The molecule has 0 spiro atoms. The fraction of sp³-hybridized carbons (Fsp3) is 0.389.